The number of benzene rings is 2. The average molecular weight is 449 g/mol. The maximum absolute atomic E-state index is 12.9. The van der Waals surface area contributed by atoms with Crippen molar-refractivity contribution in [1.82, 2.24) is 10.6 Å². The molecule has 172 valence electrons. The lowest BCUT2D eigenvalue weighted by atomic mass is 10.0. The van der Waals surface area contributed by atoms with Gasteiger partial charge in [0.1, 0.15) is 17.4 Å². The fourth-order valence-corrected chi connectivity index (χ4v) is 3.34. The number of aliphatic hydroxyl groups is 1. The Kier molecular flexibility index (Phi) is 7.33. The number of hydrogen-bond donors (Lipinski definition) is 3. The summed E-state index contributed by atoms with van der Waals surface area (Å²) < 4.78 is 5.46. The fourth-order valence-electron chi connectivity index (χ4n) is 3.34. The molecule has 2 aromatic rings. The van der Waals surface area contributed by atoms with E-state index in [1.165, 1.54) is 0 Å². The average Bonchev–Trinajstić information content (AvgIpc) is 3.04. The van der Waals surface area contributed by atoms with Gasteiger partial charge >= 0.3 is 6.09 Å². The maximum atomic E-state index is 12.9. The van der Waals surface area contributed by atoms with E-state index in [2.05, 4.69) is 10.6 Å². The summed E-state index contributed by atoms with van der Waals surface area (Å²) in [5, 5.41) is 16.2. The third kappa shape index (κ3) is 6.55. The van der Waals surface area contributed by atoms with Crippen LogP contribution < -0.4 is 10.6 Å². The van der Waals surface area contributed by atoms with Crippen LogP contribution in [-0.2, 0) is 20.7 Å². The van der Waals surface area contributed by atoms with Crippen LogP contribution in [0.3, 0.4) is 0 Å². The third-order valence-corrected chi connectivity index (χ3v) is 4.87. The second kappa shape index (κ2) is 10.2. The first-order valence-electron chi connectivity index (χ1n) is 10.7. The highest BCUT2D eigenvalue weighted by Gasteiger charge is 2.39. The Labute approximate surface area is 193 Å². The third-order valence-electron chi connectivity index (χ3n) is 4.87. The summed E-state index contributed by atoms with van der Waals surface area (Å²) in [5.41, 5.74) is 0.669. The molecule has 1 fully saturated rings. The molecule has 0 aromatic heterocycles. The van der Waals surface area contributed by atoms with E-state index < -0.39 is 46.8 Å². The van der Waals surface area contributed by atoms with Crippen molar-refractivity contribution in [3.8, 4) is 0 Å². The Morgan fingerprint density at radius 2 is 1.70 bits per heavy atom. The minimum atomic E-state index is -1.21. The molecule has 0 saturated carbocycles. The van der Waals surface area contributed by atoms with Gasteiger partial charge in [-0.3, -0.25) is 9.59 Å². The quantitative estimate of drug-likeness (QED) is 0.355. The highest BCUT2D eigenvalue weighted by molar-refractivity contribution is 6.27. The molecule has 1 heterocycles. The van der Waals surface area contributed by atoms with Gasteiger partial charge in [0.25, 0.3) is 5.91 Å². The zero-order chi connectivity index (χ0) is 24.0. The monoisotopic (exact) mass is 448 g/mol. The Morgan fingerprint density at radius 1 is 1.09 bits per heavy atom. The maximum Gasteiger partial charge on any atom is 0.408 e. The van der Waals surface area contributed by atoms with E-state index in [1.807, 2.05) is 48.5 Å². The summed E-state index contributed by atoms with van der Waals surface area (Å²) in [6, 6.07) is 17.5. The number of amides is 2. The summed E-state index contributed by atoms with van der Waals surface area (Å²) >= 11 is 0. The van der Waals surface area contributed by atoms with Crippen molar-refractivity contribution >= 4 is 23.9 Å². The number of alkyl carbamates (subject to hydrolysis) is 1. The van der Waals surface area contributed by atoms with Crippen LogP contribution in [0.1, 0.15) is 31.9 Å². The van der Waals surface area contributed by atoms with E-state index in [4.69, 9.17) is 4.74 Å². The number of carbonyl (C=O) groups is 3. The zero-order valence-corrected chi connectivity index (χ0v) is 18.9. The summed E-state index contributed by atoms with van der Waals surface area (Å²) in [5.74, 6) is -1.86. The van der Waals surface area contributed by atoms with Gasteiger partial charge in [-0.1, -0.05) is 72.8 Å². The summed E-state index contributed by atoms with van der Waals surface area (Å²) in [6.07, 6.45) is 1.41. The highest BCUT2D eigenvalue weighted by Crippen LogP contribution is 2.22. The molecular formula is C26H28N2O5. The number of ether oxygens (including phenoxy) is 1. The van der Waals surface area contributed by atoms with Gasteiger partial charge < -0.3 is 20.5 Å². The Hall–Kier alpha value is -3.87. The van der Waals surface area contributed by atoms with Crippen LogP contribution in [-0.4, -0.2) is 40.6 Å². The van der Waals surface area contributed by atoms with Gasteiger partial charge in [-0.2, -0.15) is 0 Å². The molecule has 0 aliphatic carbocycles. The molecular weight excluding hydrogens is 420 g/mol. The molecule has 2 aromatic carbocycles. The topological polar surface area (TPSA) is 105 Å². The van der Waals surface area contributed by atoms with Crippen LogP contribution in [0.4, 0.5) is 4.79 Å². The van der Waals surface area contributed by atoms with E-state index in [-0.39, 0.29) is 6.42 Å². The Morgan fingerprint density at radius 3 is 2.30 bits per heavy atom. The molecule has 3 N–H and O–H groups in total. The van der Waals surface area contributed by atoms with Crippen molar-refractivity contribution in [2.45, 2.75) is 44.9 Å². The number of nitrogens with one attached hydrogen (secondary N) is 2. The van der Waals surface area contributed by atoms with Crippen LogP contribution in [0.2, 0.25) is 0 Å². The molecule has 2 amide bonds. The SMILES string of the molecule is CC(C)(C)NC(=O)OC(Cc1ccccc1)C(O)=C1C(=O)NC(C=Cc2ccccc2)C1=O. The van der Waals surface area contributed by atoms with E-state index in [0.717, 1.165) is 11.1 Å². The summed E-state index contributed by atoms with van der Waals surface area (Å²) in [7, 11) is 0. The van der Waals surface area contributed by atoms with Crippen molar-refractivity contribution in [3.63, 3.8) is 0 Å². The minimum Gasteiger partial charge on any atom is -0.507 e. The number of aliphatic hydroxyl groups excluding tert-OH is 1. The number of ketones is 1. The Balaban J connectivity index is 1.87. The predicted octanol–water partition coefficient (Wildman–Crippen LogP) is 3.72. The molecule has 2 unspecified atom stereocenters. The van der Waals surface area contributed by atoms with Gasteiger partial charge in [0, 0.05) is 12.0 Å². The second-order valence-corrected chi connectivity index (χ2v) is 8.80. The van der Waals surface area contributed by atoms with Crippen LogP contribution in [0.15, 0.2) is 78.1 Å². The number of carbonyl (C=O) groups excluding carboxylic acids is 3. The first-order valence-corrected chi connectivity index (χ1v) is 10.7. The van der Waals surface area contributed by atoms with Crippen molar-refractivity contribution in [1.29, 1.82) is 0 Å². The molecule has 1 saturated heterocycles. The molecule has 3 rings (SSSR count). The molecule has 1 aliphatic rings. The van der Waals surface area contributed by atoms with Crippen molar-refractivity contribution < 1.29 is 24.2 Å². The van der Waals surface area contributed by atoms with E-state index in [0.29, 0.717) is 0 Å². The van der Waals surface area contributed by atoms with Gasteiger partial charge in [-0.25, -0.2) is 4.79 Å². The van der Waals surface area contributed by atoms with E-state index in [1.54, 1.807) is 45.1 Å². The molecule has 7 nitrogen and oxygen atoms in total. The van der Waals surface area contributed by atoms with Crippen LogP contribution in [0.25, 0.3) is 6.08 Å². The normalized spacial score (nSPS) is 18.7. The first kappa shape index (κ1) is 23.8. The van der Waals surface area contributed by atoms with E-state index in [9.17, 15) is 19.5 Å². The summed E-state index contributed by atoms with van der Waals surface area (Å²) in [4.78, 5) is 37.9. The van der Waals surface area contributed by atoms with Crippen LogP contribution in [0, 0.1) is 0 Å². The van der Waals surface area contributed by atoms with E-state index >= 15 is 0 Å². The molecule has 2 atom stereocenters. The predicted molar refractivity (Wildman–Crippen MR) is 125 cm³/mol. The lowest BCUT2D eigenvalue weighted by Gasteiger charge is -2.24. The zero-order valence-electron chi connectivity index (χ0n) is 18.9. The van der Waals surface area contributed by atoms with Crippen molar-refractivity contribution in [2.24, 2.45) is 0 Å². The molecule has 1 aliphatic heterocycles. The molecule has 7 heteroatoms. The van der Waals surface area contributed by atoms with Crippen molar-refractivity contribution in [2.75, 3.05) is 0 Å². The lowest BCUT2D eigenvalue weighted by Crippen LogP contribution is -2.43. The second-order valence-electron chi connectivity index (χ2n) is 8.80. The first-order chi connectivity index (χ1) is 15.6. The minimum absolute atomic E-state index is 0.0960. The smallest absolute Gasteiger partial charge is 0.408 e. The van der Waals surface area contributed by atoms with Gasteiger partial charge in [0.05, 0.1) is 0 Å². The van der Waals surface area contributed by atoms with Gasteiger partial charge in [-0.15, -0.1) is 0 Å². The van der Waals surface area contributed by atoms with Crippen molar-refractivity contribution in [3.05, 3.63) is 89.2 Å². The molecule has 0 bridgehead atoms. The van der Waals surface area contributed by atoms with Crippen LogP contribution >= 0.6 is 0 Å². The van der Waals surface area contributed by atoms with Gasteiger partial charge in [0.15, 0.2) is 11.9 Å². The number of hydrogen-bond acceptors (Lipinski definition) is 5. The molecule has 0 spiro atoms. The van der Waals surface area contributed by atoms with Crippen LogP contribution in [0.5, 0.6) is 0 Å². The fraction of sp³-hybridized carbons (Fsp3) is 0.269. The van der Waals surface area contributed by atoms with Gasteiger partial charge in [-0.05, 0) is 31.9 Å². The lowest BCUT2D eigenvalue weighted by molar-refractivity contribution is -0.117. The largest absolute Gasteiger partial charge is 0.507 e. The Bertz CT molecular complexity index is 1070. The summed E-state index contributed by atoms with van der Waals surface area (Å²) in [6.45, 7) is 5.36. The molecule has 33 heavy (non-hydrogen) atoms. The molecule has 0 radical (unpaired) electrons. The van der Waals surface area contributed by atoms with Gasteiger partial charge in [0.2, 0.25) is 0 Å². The number of Topliss-reactive ketones (excluding diaryl/α,β-unsaturated/α-hetero) is 1. The number of rotatable bonds is 6. The standard InChI is InChI=1S/C26H28N2O5/c1-26(2,3)28-25(32)33-20(16-18-12-8-5-9-13-18)23(30)21-22(29)19(27-24(21)31)15-14-17-10-6-4-7-11-17/h4-15,19-20,30H,16H2,1-3H3,(H,27,31)(H,28,32). The highest BCUT2D eigenvalue weighted by atomic mass is 16.6.